The molecule has 0 saturated carbocycles. The maximum atomic E-state index is 14.7. The fourth-order valence-corrected chi connectivity index (χ4v) is 2.85. The lowest BCUT2D eigenvalue weighted by Crippen LogP contribution is -2.34. The van der Waals surface area contributed by atoms with Crippen LogP contribution in [0, 0.1) is 11.7 Å². The number of hydrogen-bond acceptors (Lipinski definition) is 6. The molecule has 1 saturated heterocycles. The number of aliphatic hydroxyl groups is 1. The fraction of sp³-hybridized carbons (Fsp3) is 0.263. The minimum Gasteiger partial charge on any atom is -0.443 e. The second kappa shape index (κ2) is 8.23. The number of anilines is 2. The molecule has 1 aromatic heterocycles. The Hall–Kier alpha value is -3.53. The number of halogens is 1. The van der Waals surface area contributed by atoms with Crippen LogP contribution in [0.25, 0.3) is 11.1 Å². The van der Waals surface area contributed by atoms with Crippen LogP contribution >= 0.6 is 0 Å². The topological polar surface area (TPSA) is 135 Å². The van der Waals surface area contributed by atoms with Gasteiger partial charge in [0.1, 0.15) is 24.3 Å². The molecule has 0 radical (unpaired) electrons. The number of ether oxygens (including phenoxy) is 1. The first kappa shape index (κ1) is 20.2. The second-order valence-corrected chi connectivity index (χ2v) is 6.53. The van der Waals surface area contributed by atoms with Crippen LogP contribution in [0.2, 0.25) is 0 Å². The molecule has 0 spiro atoms. The Bertz CT molecular complexity index is 950. The lowest BCUT2D eigenvalue weighted by molar-refractivity contribution is -0.123. The van der Waals surface area contributed by atoms with Gasteiger partial charge in [-0.05, 0) is 37.3 Å². The lowest BCUT2D eigenvalue weighted by atomic mass is 10.0. The lowest BCUT2D eigenvalue weighted by Gasteiger charge is -2.16. The summed E-state index contributed by atoms with van der Waals surface area (Å²) in [7, 11) is 0. The highest BCUT2D eigenvalue weighted by atomic mass is 19.1. The van der Waals surface area contributed by atoms with Crippen molar-refractivity contribution >= 4 is 29.4 Å². The van der Waals surface area contributed by atoms with E-state index in [-0.39, 0.29) is 23.6 Å². The van der Waals surface area contributed by atoms with Crippen molar-refractivity contribution in [3.63, 3.8) is 0 Å². The quantitative estimate of drug-likeness (QED) is 0.666. The highest BCUT2D eigenvalue weighted by Gasteiger charge is 2.37. The third-order valence-corrected chi connectivity index (χ3v) is 4.59. The maximum Gasteiger partial charge on any atom is 0.414 e. The number of amides is 3. The molecular formula is C19H19FN4O5. The molecule has 9 nitrogen and oxygen atoms in total. The van der Waals surface area contributed by atoms with Crippen molar-refractivity contribution in [2.45, 2.75) is 13.0 Å². The molecule has 1 aliphatic heterocycles. The van der Waals surface area contributed by atoms with Gasteiger partial charge in [0.05, 0.1) is 18.2 Å². The van der Waals surface area contributed by atoms with E-state index in [9.17, 15) is 18.8 Å². The summed E-state index contributed by atoms with van der Waals surface area (Å²) in [5, 5.41) is 11.1. The zero-order valence-electron chi connectivity index (χ0n) is 15.5. The van der Waals surface area contributed by atoms with Crippen molar-refractivity contribution in [2.75, 3.05) is 23.4 Å². The van der Waals surface area contributed by atoms with Gasteiger partial charge in [-0.25, -0.2) is 14.2 Å². The van der Waals surface area contributed by atoms with Crippen molar-refractivity contribution in [1.82, 2.24) is 4.98 Å². The number of nitrogens with two attached hydrogens (primary N) is 1. The molecule has 3 amide bonds. The molecule has 0 aliphatic carbocycles. The van der Waals surface area contributed by atoms with Gasteiger partial charge < -0.3 is 20.9 Å². The van der Waals surface area contributed by atoms with Gasteiger partial charge in [-0.1, -0.05) is 0 Å². The normalized spacial score (nSPS) is 17.0. The third kappa shape index (κ3) is 4.32. The number of nitrogens with one attached hydrogen (secondary N) is 1. The Kier molecular flexibility index (Phi) is 5.74. The molecule has 1 fully saturated rings. The summed E-state index contributed by atoms with van der Waals surface area (Å²) < 4.78 is 19.8. The van der Waals surface area contributed by atoms with Gasteiger partial charge in [0, 0.05) is 17.3 Å². The Morgan fingerprint density at radius 1 is 1.41 bits per heavy atom. The van der Waals surface area contributed by atoms with Crippen molar-refractivity contribution in [1.29, 1.82) is 0 Å². The van der Waals surface area contributed by atoms with Crippen molar-refractivity contribution in [3.05, 3.63) is 42.3 Å². The van der Waals surface area contributed by atoms with Crippen molar-refractivity contribution < 1.29 is 28.6 Å². The van der Waals surface area contributed by atoms with Crippen LogP contribution in [-0.4, -0.2) is 47.3 Å². The Morgan fingerprint density at radius 3 is 2.76 bits per heavy atom. The molecule has 2 heterocycles. The van der Waals surface area contributed by atoms with E-state index in [1.54, 1.807) is 19.1 Å². The minimum absolute atomic E-state index is 0.0858. The Labute approximate surface area is 165 Å². The molecule has 10 heteroatoms. The number of pyridine rings is 1. The first-order chi connectivity index (χ1) is 13.8. The van der Waals surface area contributed by atoms with E-state index in [0.29, 0.717) is 5.56 Å². The second-order valence-electron chi connectivity index (χ2n) is 6.53. The first-order valence-electron chi connectivity index (χ1n) is 8.74. The van der Waals surface area contributed by atoms with Gasteiger partial charge in [-0.3, -0.25) is 14.5 Å². The fourth-order valence-electron chi connectivity index (χ4n) is 2.85. The molecule has 2 aromatic rings. The van der Waals surface area contributed by atoms with Gasteiger partial charge in [-0.2, -0.15) is 0 Å². The SMILES string of the molecule is C[C@H](C(N)=O)C1CN(c2ccc(-c3ccc(NC(=O)CO)nc3)c(F)c2)C(=O)O1. The monoisotopic (exact) mass is 402 g/mol. The highest BCUT2D eigenvalue weighted by Crippen LogP contribution is 2.30. The predicted octanol–water partition coefficient (Wildman–Crippen LogP) is 1.27. The van der Waals surface area contributed by atoms with E-state index in [0.717, 1.165) is 0 Å². The van der Waals surface area contributed by atoms with Crippen LogP contribution in [0.15, 0.2) is 36.5 Å². The van der Waals surface area contributed by atoms with E-state index in [1.807, 2.05) is 0 Å². The average molecular weight is 402 g/mol. The van der Waals surface area contributed by atoms with Crippen LogP contribution in [0.4, 0.5) is 20.7 Å². The Morgan fingerprint density at radius 2 is 2.17 bits per heavy atom. The number of benzene rings is 1. The summed E-state index contributed by atoms with van der Waals surface area (Å²) in [4.78, 5) is 39.8. The molecule has 152 valence electrons. The zero-order valence-corrected chi connectivity index (χ0v) is 15.5. The number of cyclic esters (lactones) is 1. The first-order valence-corrected chi connectivity index (χ1v) is 8.74. The van der Waals surface area contributed by atoms with E-state index >= 15 is 0 Å². The number of carbonyl (C=O) groups excluding carboxylic acids is 3. The van der Waals surface area contributed by atoms with Crippen molar-refractivity contribution in [3.8, 4) is 11.1 Å². The number of nitrogens with zero attached hydrogens (tertiary/aromatic N) is 2. The summed E-state index contributed by atoms with van der Waals surface area (Å²) in [6, 6.07) is 7.27. The molecule has 1 aromatic carbocycles. The van der Waals surface area contributed by atoms with Crippen LogP contribution in [0.1, 0.15) is 6.92 Å². The summed E-state index contributed by atoms with van der Waals surface area (Å²) in [6.07, 6.45) is -0.00532. The largest absolute Gasteiger partial charge is 0.443 e. The highest BCUT2D eigenvalue weighted by molar-refractivity contribution is 5.92. The van der Waals surface area contributed by atoms with E-state index < -0.39 is 42.4 Å². The molecule has 3 rings (SSSR count). The summed E-state index contributed by atoms with van der Waals surface area (Å²) in [5.74, 6) is -2.22. The van der Waals surface area contributed by atoms with Crippen LogP contribution in [0.3, 0.4) is 0 Å². The predicted molar refractivity (Wildman–Crippen MR) is 101 cm³/mol. The van der Waals surface area contributed by atoms with Gasteiger partial charge in [0.2, 0.25) is 5.91 Å². The standard InChI is InChI=1S/C19H19FN4O5/c1-10(18(21)27)15-8-24(19(28)29-15)12-3-4-13(14(20)6-12)11-2-5-16(22-7-11)23-17(26)9-25/h2-7,10,15,25H,8-9H2,1H3,(H2,21,27)(H,22,23,26)/t10-,15?/m0/s1. The number of primary amides is 1. The van der Waals surface area contributed by atoms with Gasteiger partial charge in [0.15, 0.2) is 0 Å². The van der Waals surface area contributed by atoms with E-state index in [2.05, 4.69) is 10.3 Å². The number of aromatic nitrogens is 1. The molecule has 2 atom stereocenters. The van der Waals surface area contributed by atoms with Gasteiger partial charge in [-0.15, -0.1) is 0 Å². The Balaban J connectivity index is 1.78. The maximum absolute atomic E-state index is 14.7. The molecule has 1 aliphatic rings. The number of hydrogen-bond donors (Lipinski definition) is 3. The smallest absolute Gasteiger partial charge is 0.414 e. The van der Waals surface area contributed by atoms with E-state index in [4.69, 9.17) is 15.6 Å². The van der Waals surface area contributed by atoms with Crippen LogP contribution < -0.4 is 16.0 Å². The molecular weight excluding hydrogens is 383 g/mol. The van der Waals surface area contributed by atoms with Crippen LogP contribution in [0.5, 0.6) is 0 Å². The molecule has 1 unspecified atom stereocenters. The number of carbonyl (C=O) groups is 3. The summed E-state index contributed by atoms with van der Waals surface area (Å²) in [6.45, 7) is 0.979. The number of rotatable bonds is 6. The zero-order chi connectivity index (χ0) is 21.1. The van der Waals surface area contributed by atoms with Crippen LogP contribution in [-0.2, 0) is 14.3 Å². The van der Waals surface area contributed by atoms with E-state index in [1.165, 1.54) is 29.3 Å². The molecule has 0 bridgehead atoms. The summed E-state index contributed by atoms with van der Waals surface area (Å²) in [5.41, 5.74) is 6.24. The molecule has 4 N–H and O–H groups in total. The average Bonchev–Trinajstić information content (AvgIpc) is 3.09. The van der Waals surface area contributed by atoms with Crippen molar-refractivity contribution in [2.24, 2.45) is 11.7 Å². The third-order valence-electron chi connectivity index (χ3n) is 4.59. The van der Waals surface area contributed by atoms with Gasteiger partial charge >= 0.3 is 6.09 Å². The molecule has 29 heavy (non-hydrogen) atoms. The summed E-state index contributed by atoms with van der Waals surface area (Å²) >= 11 is 0. The number of aliphatic hydroxyl groups excluding tert-OH is 1. The van der Waals surface area contributed by atoms with Gasteiger partial charge in [0.25, 0.3) is 5.91 Å². The minimum atomic E-state index is -0.700.